The molecule has 0 unspecified atom stereocenters. The lowest BCUT2D eigenvalue weighted by molar-refractivity contribution is 1.06. The van der Waals surface area contributed by atoms with Crippen LogP contribution in [0.1, 0.15) is 16.7 Å². The molecule has 0 saturated heterocycles. The third-order valence-corrected chi connectivity index (χ3v) is 6.36. The normalized spacial score (nSPS) is 11.8. The summed E-state index contributed by atoms with van der Waals surface area (Å²) in [6, 6.07) is 44.6. The molecule has 3 nitrogen and oxygen atoms in total. The lowest BCUT2D eigenvalue weighted by Gasteiger charge is -2.09. The first-order valence-electron chi connectivity index (χ1n) is 12.4. The van der Waals surface area contributed by atoms with E-state index in [1.165, 1.54) is 0 Å². The van der Waals surface area contributed by atoms with Crippen molar-refractivity contribution in [1.82, 2.24) is 0 Å². The van der Waals surface area contributed by atoms with Gasteiger partial charge in [0.15, 0.2) is 11.7 Å². The zero-order chi connectivity index (χ0) is 26.2. The zero-order valence-corrected chi connectivity index (χ0v) is 21.6. The molecular formula is C34H26ClN3. The van der Waals surface area contributed by atoms with Gasteiger partial charge in [-0.25, -0.2) is 9.98 Å². The van der Waals surface area contributed by atoms with Crippen LogP contribution in [0.15, 0.2) is 148 Å². The van der Waals surface area contributed by atoms with Crippen molar-refractivity contribution in [3.05, 3.63) is 155 Å². The van der Waals surface area contributed by atoms with Crippen molar-refractivity contribution < 1.29 is 0 Å². The molecule has 38 heavy (non-hydrogen) atoms. The smallest absolute Gasteiger partial charge is 0.161 e. The van der Waals surface area contributed by atoms with Gasteiger partial charge in [0.1, 0.15) is 0 Å². The van der Waals surface area contributed by atoms with E-state index >= 15 is 0 Å². The van der Waals surface area contributed by atoms with Crippen molar-refractivity contribution in [1.29, 1.82) is 0 Å². The second-order valence-corrected chi connectivity index (χ2v) is 9.19. The fourth-order valence-electron chi connectivity index (χ4n) is 4.20. The number of halogens is 1. The number of hydrogen-bond donors (Lipinski definition) is 0. The molecule has 0 heterocycles. The van der Waals surface area contributed by atoms with Gasteiger partial charge >= 0.3 is 0 Å². The zero-order valence-electron chi connectivity index (χ0n) is 20.8. The van der Waals surface area contributed by atoms with Gasteiger partial charge in [-0.2, -0.15) is 0 Å². The molecular weight excluding hydrogens is 486 g/mol. The maximum atomic E-state index is 6.23. The summed E-state index contributed by atoms with van der Waals surface area (Å²) in [7, 11) is 0. The van der Waals surface area contributed by atoms with E-state index < -0.39 is 0 Å². The molecule has 184 valence electrons. The predicted molar refractivity (Wildman–Crippen MR) is 162 cm³/mol. The largest absolute Gasteiger partial charge is 0.261 e. The van der Waals surface area contributed by atoms with Crippen LogP contribution in [-0.2, 0) is 6.54 Å². The van der Waals surface area contributed by atoms with Crippen molar-refractivity contribution in [2.75, 3.05) is 0 Å². The van der Waals surface area contributed by atoms with Crippen LogP contribution < -0.4 is 0 Å². The summed E-state index contributed by atoms with van der Waals surface area (Å²) in [6.07, 6.45) is 0. The molecule has 0 aliphatic rings. The Balaban J connectivity index is 1.50. The van der Waals surface area contributed by atoms with Crippen LogP contribution in [0.5, 0.6) is 0 Å². The number of hydrogen-bond acceptors (Lipinski definition) is 1. The number of amidine groups is 2. The number of nitrogens with zero attached hydrogens (tertiary/aromatic N) is 3. The Morgan fingerprint density at radius 2 is 1.11 bits per heavy atom. The minimum absolute atomic E-state index is 0.522. The summed E-state index contributed by atoms with van der Waals surface area (Å²) in [5, 5.41) is 0.718. The molecule has 5 aromatic carbocycles. The molecule has 0 N–H and O–H groups in total. The summed E-state index contributed by atoms with van der Waals surface area (Å²) in [4.78, 5) is 14.0. The molecule has 0 bridgehead atoms. The van der Waals surface area contributed by atoms with E-state index in [1.54, 1.807) is 0 Å². The van der Waals surface area contributed by atoms with Gasteiger partial charge in [0, 0.05) is 16.1 Å². The summed E-state index contributed by atoms with van der Waals surface area (Å²) in [5.74, 6) is 1.14. The minimum Gasteiger partial charge on any atom is -0.261 e. The molecule has 0 saturated carbocycles. The van der Waals surface area contributed by atoms with Crippen molar-refractivity contribution in [2.24, 2.45) is 15.0 Å². The van der Waals surface area contributed by atoms with Gasteiger partial charge in [0.05, 0.1) is 6.54 Å². The van der Waals surface area contributed by atoms with Crippen LogP contribution in [0.25, 0.3) is 22.3 Å². The van der Waals surface area contributed by atoms with Crippen molar-refractivity contribution >= 4 is 30.0 Å². The average molecular weight is 512 g/mol. The molecule has 0 fully saturated rings. The highest BCUT2D eigenvalue weighted by atomic mass is 35.5. The Morgan fingerprint density at radius 3 is 1.76 bits per heavy atom. The Labute approximate surface area is 228 Å². The summed E-state index contributed by atoms with van der Waals surface area (Å²) >= 11 is 6.23. The first-order valence-corrected chi connectivity index (χ1v) is 12.7. The maximum absolute atomic E-state index is 6.23. The number of aliphatic imine (C=N–C) groups is 3. The lowest BCUT2D eigenvalue weighted by atomic mass is 9.98. The summed E-state index contributed by atoms with van der Waals surface area (Å²) < 4.78 is 0. The highest BCUT2D eigenvalue weighted by Crippen LogP contribution is 2.28. The Morgan fingerprint density at radius 1 is 0.553 bits per heavy atom. The van der Waals surface area contributed by atoms with Crippen molar-refractivity contribution in [3.63, 3.8) is 0 Å². The van der Waals surface area contributed by atoms with E-state index in [1.807, 2.05) is 78.9 Å². The van der Waals surface area contributed by atoms with E-state index in [2.05, 4.69) is 66.3 Å². The van der Waals surface area contributed by atoms with Crippen LogP contribution >= 0.6 is 11.6 Å². The second kappa shape index (κ2) is 12.1. The second-order valence-electron chi connectivity index (χ2n) is 8.76. The Kier molecular flexibility index (Phi) is 7.98. The molecule has 4 heteroatoms. The third kappa shape index (κ3) is 6.20. The van der Waals surface area contributed by atoms with Gasteiger partial charge in [-0.3, -0.25) is 4.99 Å². The van der Waals surface area contributed by atoms with Crippen molar-refractivity contribution in [2.45, 2.75) is 6.54 Å². The van der Waals surface area contributed by atoms with Crippen LogP contribution in [0.3, 0.4) is 0 Å². The fourth-order valence-corrected chi connectivity index (χ4v) is 4.39. The van der Waals surface area contributed by atoms with E-state index in [-0.39, 0.29) is 0 Å². The van der Waals surface area contributed by atoms with Crippen LogP contribution in [-0.4, -0.2) is 18.4 Å². The highest BCUT2D eigenvalue weighted by Gasteiger charge is 2.09. The van der Waals surface area contributed by atoms with Gasteiger partial charge < -0.3 is 0 Å². The van der Waals surface area contributed by atoms with Crippen LogP contribution in [0.2, 0.25) is 5.02 Å². The quantitative estimate of drug-likeness (QED) is 0.161. The Bertz CT molecular complexity index is 1610. The van der Waals surface area contributed by atoms with Gasteiger partial charge in [-0.05, 0) is 58.8 Å². The van der Waals surface area contributed by atoms with E-state index in [4.69, 9.17) is 21.6 Å². The lowest BCUT2D eigenvalue weighted by Crippen LogP contribution is -2.05. The molecule has 5 rings (SSSR count). The van der Waals surface area contributed by atoms with Gasteiger partial charge in [0.2, 0.25) is 0 Å². The minimum atomic E-state index is 0.522. The molecule has 0 amide bonds. The standard InChI is InChI=1S/C34H26ClN3/c1-36-33(38-34(26-13-6-3-7-14-26)37-24-25-11-4-2-5-12-25)31-19-9-17-29(22-31)27-15-8-16-28(21-27)30-18-10-20-32(35)23-30/h2-23H,1,24H2. The molecule has 0 aliphatic heterocycles. The molecule has 0 spiro atoms. The third-order valence-electron chi connectivity index (χ3n) is 6.12. The summed E-state index contributed by atoms with van der Waals surface area (Å²) in [5.41, 5.74) is 7.24. The fraction of sp³-hybridized carbons (Fsp3) is 0.0294. The van der Waals surface area contributed by atoms with Gasteiger partial charge in [-0.15, -0.1) is 0 Å². The molecule has 0 radical (unpaired) electrons. The maximum Gasteiger partial charge on any atom is 0.161 e. The van der Waals surface area contributed by atoms with E-state index in [0.717, 1.165) is 44.0 Å². The number of rotatable bonds is 6. The summed E-state index contributed by atoms with van der Waals surface area (Å²) in [6.45, 7) is 4.34. The Hall–Kier alpha value is -4.60. The van der Waals surface area contributed by atoms with E-state index in [9.17, 15) is 0 Å². The monoisotopic (exact) mass is 511 g/mol. The molecule has 0 aromatic heterocycles. The molecule has 0 aliphatic carbocycles. The van der Waals surface area contributed by atoms with E-state index in [0.29, 0.717) is 18.2 Å². The van der Waals surface area contributed by atoms with Crippen LogP contribution in [0.4, 0.5) is 0 Å². The van der Waals surface area contributed by atoms with Gasteiger partial charge in [0.25, 0.3) is 0 Å². The topological polar surface area (TPSA) is 37.1 Å². The molecule has 5 aromatic rings. The first-order chi connectivity index (χ1) is 18.7. The van der Waals surface area contributed by atoms with Gasteiger partial charge in [-0.1, -0.05) is 121 Å². The number of benzene rings is 5. The van der Waals surface area contributed by atoms with Crippen molar-refractivity contribution in [3.8, 4) is 22.3 Å². The highest BCUT2D eigenvalue weighted by molar-refractivity contribution is 6.30. The first kappa shape index (κ1) is 25.1. The predicted octanol–water partition coefficient (Wildman–Crippen LogP) is 8.77. The molecule has 0 atom stereocenters. The van der Waals surface area contributed by atoms with Crippen LogP contribution in [0, 0.1) is 0 Å². The SMILES string of the molecule is C=NC(=NC(=NCc1ccccc1)c1ccccc1)c1cccc(-c2cccc(-c3cccc(Cl)c3)c2)c1. The average Bonchev–Trinajstić information content (AvgIpc) is 2.98.